The molecule has 1 atom stereocenters. The smallest absolute Gasteiger partial charge is 0.310 e. The van der Waals surface area contributed by atoms with Gasteiger partial charge in [-0.15, -0.1) is 0 Å². The maximum atomic E-state index is 10.9. The molecule has 0 radical (unpaired) electrons. The largest absolute Gasteiger partial charge is 0.481 e. The van der Waals surface area contributed by atoms with Crippen LogP contribution in [-0.2, 0) is 4.79 Å². The van der Waals surface area contributed by atoms with Crippen LogP contribution >= 0.6 is 0 Å². The van der Waals surface area contributed by atoms with Gasteiger partial charge in [-0.25, -0.2) is 0 Å². The standard InChI is InChI=1S/C10H19NO2/c1-8(2)6-11-5-4-10(3,7-11)9(12)13/h8H,4-7H2,1-3H3,(H,12,13)/t10-/m0/s1. The fourth-order valence-electron chi connectivity index (χ4n) is 1.90. The number of nitrogens with zero attached hydrogens (tertiary/aromatic N) is 1. The Hall–Kier alpha value is -0.570. The minimum absolute atomic E-state index is 0.505. The highest BCUT2D eigenvalue weighted by atomic mass is 16.4. The van der Waals surface area contributed by atoms with E-state index in [0.29, 0.717) is 12.5 Å². The average molecular weight is 185 g/mol. The van der Waals surface area contributed by atoms with Gasteiger partial charge in [0.05, 0.1) is 5.41 Å². The number of carbonyl (C=O) groups is 1. The van der Waals surface area contributed by atoms with E-state index >= 15 is 0 Å². The summed E-state index contributed by atoms with van der Waals surface area (Å²) >= 11 is 0. The van der Waals surface area contributed by atoms with E-state index < -0.39 is 11.4 Å². The van der Waals surface area contributed by atoms with Crippen molar-refractivity contribution in [1.29, 1.82) is 0 Å². The second-order valence-corrected chi connectivity index (χ2v) is 4.74. The molecule has 0 bridgehead atoms. The van der Waals surface area contributed by atoms with Crippen LogP contribution in [-0.4, -0.2) is 35.6 Å². The van der Waals surface area contributed by atoms with Crippen molar-refractivity contribution in [2.24, 2.45) is 11.3 Å². The van der Waals surface area contributed by atoms with Crippen LogP contribution in [0.1, 0.15) is 27.2 Å². The van der Waals surface area contributed by atoms with Crippen molar-refractivity contribution in [2.45, 2.75) is 27.2 Å². The van der Waals surface area contributed by atoms with Gasteiger partial charge in [-0.2, -0.15) is 0 Å². The summed E-state index contributed by atoms with van der Waals surface area (Å²) < 4.78 is 0. The molecule has 13 heavy (non-hydrogen) atoms. The van der Waals surface area contributed by atoms with E-state index in [9.17, 15) is 4.79 Å². The predicted molar refractivity (Wildman–Crippen MR) is 51.6 cm³/mol. The molecular formula is C10H19NO2. The maximum Gasteiger partial charge on any atom is 0.310 e. The molecule has 0 aliphatic carbocycles. The van der Waals surface area contributed by atoms with Crippen molar-refractivity contribution in [3.63, 3.8) is 0 Å². The molecule has 0 spiro atoms. The zero-order chi connectivity index (χ0) is 10.1. The third-order valence-electron chi connectivity index (χ3n) is 2.69. The Kier molecular flexibility index (Phi) is 2.96. The first-order valence-corrected chi connectivity index (χ1v) is 4.90. The van der Waals surface area contributed by atoms with Crippen LogP contribution in [0.25, 0.3) is 0 Å². The van der Waals surface area contributed by atoms with Crippen molar-refractivity contribution in [3.05, 3.63) is 0 Å². The molecule has 1 saturated heterocycles. The summed E-state index contributed by atoms with van der Waals surface area (Å²) in [7, 11) is 0. The van der Waals surface area contributed by atoms with Gasteiger partial charge in [0.2, 0.25) is 0 Å². The number of rotatable bonds is 3. The van der Waals surface area contributed by atoms with Gasteiger partial charge in [0.15, 0.2) is 0 Å². The molecule has 0 unspecified atom stereocenters. The van der Waals surface area contributed by atoms with E-state index in [0.717, 1.165) is 19.5 Å². The first-order valence-electron chi connectivity index (χ1n) is 4.90. The summed E-state index contributed by atoms with van der Waals surface area (Å²) in [6.45, 7) is 8.83. The third kappa shape index (κ3) is 2.44. The lowest BCUT2D eigenvalue weighted by Gasteiger charge is -2.21. The second kappa shape index (κ2) is 3.66. The van der Waals surface area contributed by atoms with Crippen LogP contribution in [0.4, 0.5) is 0 Å². The molecule has 0 aromatic rings. The van der Waals surface area contributed by atoms with Gasteiger partial charge in [-0.05, 0) is 25.8 Å². The lowest BCUT2D eigenvalue weighted by Crippen LogP contribution is -2.33. The molecule has 1 rings (SSSR count). The summed E-state index contributed by atoms with van der Waals surface area (Å²) in [6.07, 6.45) is 0.787. The Balaban J connectivity index is 2.48. The zero-order valence-electron chi connectivity index (χ0n) is 8.71. The van der Waals surface area contributed by atoms with E-state index in [1.54, 1.807) is 0 Å². The van der Waals surface area contributed by atoms with E-state index in [1.807, 2.05) is 6.92 Å². The Labute approximate surface area is 79.7 Å². The minimum Gasteiger partial charge on any atom is -0.481 e. The molecule has 1 aliphatic heterocycles. The highest BCUT2D eigenvalue weighted by Gasteiger charge is 2.40. The van der Waals surface area contributed by atoms with E-state index in [-0.39, 0.29) is 0 Å². The number of hydrogen-bond acceptors (Lipinski definition) is 2. The number of hydrogen-bond donors (Lipinski definition) is 1. The summed E-state index contributed by atoms with van der Waals surface area (Å²) in [5.41, 5.74) is -0.505. The first-order chi connectivity index (χ1) is 5.94. The fraction of sp³-hybridized carbons (Fsp3) is 0.900. The van der Waals surface area contributed by atoms with E-state index in [4.69, 9.17) is 5.11 Å². The highest BCUT2D eigenvalue weighted by Crippen LogP contribution is 2.30. The van der Waals surface area contributed by atoms with Crippen molar-refractivity contribution >= 4 is 5.97 Å². The van der Waals surface area contributed by atoms with Crippen LogP contribution < -0.4 is 0 Å². The Morgan fingerprint density at radius 3 is 2.62 bits per heavy atom. The van der Waals surface area contributed by atoms with E-state index in [1.165, 1.54) is 0 Å². The molecule has 0 saturated carbocycles. The summed E-state index contributed by atoms with van der Waals surface area (Å²) in [4.78, 5) is 13.2. The van der Waals surface area contributed by atoms with Crippen molar-refractivity contribution in [1.82, 2.24) is 4.90 Å². The lowest BCUT2D eigenvalue weighted by atomic mass is 9.90. The van der Waals surface area contributed by atoms with E-state index in [2.05, 4.69) is 18.7 Å². The summed E-state index contributed by atoms with van der Waals surface area (Å²) in [5.74, 6) is -0.0325. The SMILES string of the molecule is CC(C)CN1CC[C@](C)(C(=O)O)C1. The zero-order valence-corrected chi connectivity index (χ0v) is 8.71. The molecule has 3 heteroatoms. The van der Waals surface area contributed by atoms with Crippen molar-refractivity contribution in [2.75, 3.05) is 19.6 Å². The quantitative estimate of drug-likeness (QED) is 0.723. The number of carboxylic acid groups (broad SMARTS) is 1. The molecule has 1 fully saturated rings. The summed E-state index contributed by atoms with van der Waals surface area (Å²) in [6, 6.07) is 0. The Morgan fingerprint density at radius 2 is 2.23 bits per heavy atom. The van der Waals surface area contributed by atoms with Gasteiger partial charge in [-0.1, -0.05) is 13.8 Å². The topological polar surface area (TPSA) is 40.5 Å². The lowest BCUT2D eigenvalue weighted by molar-refractivity contribution is -0.147. The van der Waals surface area contributed by atoms with Crippen molar-refractivity contribution < 1.29 is 9.90 Å². The Morgan fingerprint density at radius 1 is 1.62 bits per heavy atom. The summed E-state index contributed by atoms with van der Waals surface area (Å²) in [5, 5.41) is 9.00. The van der Waals surface area contributed by atoms with Crippen LogP contribution in [0, 0.1) is 11.3 Å². The van der Waals surface area contributed by atoms with Gasteiger partial charge in [-0.3, -0.25) is 4.79 Å². The highest BCUT2D eigenvalue weighted by molar-refractivity contribution is 5.74. The number of aliphatic carboxylic acids is 1. The molecule has 0 aromatic carbocycles. The number of likely N-dealkylation sites (tertiary alicyclic amines) is 1. The van der Waals surface area contributed by atoms with Gasteiger partial charge in [0.1, 0.15) is 0 Å². The predicted octanol–water partition coefficient (Wildman–Crippen LogP) is 1.44. The minimum atomic E-state index is -0.654. The maximum absolute atomic E-state index is 10.9. The van der Waals surface area contributed by atoms with Crippen LogP contribution in [0.3, 0.4) is 0 Å². The van der Waals surface area contributed by atoms with Crippen LogP contribution in [0.5, 0.6) is 0 Å². The van der Waals surface area contributed by atoms with Gasteiger partial charge in [0.25, 0.3) is 0 Å². The van der Waals surface area contributed by atoms with Gasteiger partial charge < -0.3 is 10.0 Å². The Bertz CT molecular complexity index is 203. The first kappa shape index (κ1) is 10.5. The molecular weight excluding hydrogens is 166 g/mol. The van der Waals surface area contributed by atoms with Crippen LogP contribution in [0.15, 0.2) is 0 Å². The normalized spacial score (nSPS) is 29.8. The second-order valence-electron chi connectivity index (χ2n) is 4.74. The molecule has 0 amide bonds. The molecule has 1 N–H and O–H groups in total. The molecule has 0 aromatic heterocycles. The van der Waals surface area contributed by atoms with Gasteiger partial charge >= 0.3 is 5.97 Å². The monoisotopic (exact) mass is 185 g/mol. The van der Waals surface area contributed by atoms with Crippen molar-refractivity contribution in [3.8, 4) is 0 Å². The number of carboxylic acids is 1. The fourth-order valence-corrected chi connectivity index (χ4v) is 1.90. The van der Waals surface area contributed by atoms with Crippen LogP contribution in [0.2, 0.25) is 0 Å². The molecule has 76 valence electrons. The van der Waals surface area contributed by atoms with Gasteiger partial charge in [0, 0.05) is 13.1 Å². The molecule has 1 aliphatic rings. The molecule has 1 heterocycles. The third-order valence-corrected chi connectivity index (χ3v) is 2.69. The molecule has 3 nitrogen and oxygen atoms in total. The average Bonchev–Trinajstić information content (AvgIpc) is 2.32.